The van der Waals surface area contributed by atoms with Crippen LogP contribution in [0.1, 0.15) is 27.4 Å². The van der Waals surface area contributed by atoms with Crippen molar-refractivity contribution in [2.45, 2.75) is 19.9 Å². The zero-order valence-corrected chi connectivity index (χ0v) is 16.1. The number of nitrogens with zero attached hydrogens (tertiary/aromatic N) is 2. The van der Waals surface area contributed by atoms with Crippen molar-refractivity contribution in [3.63, 3.8) is 0 Å². The molecule has 1 aromatic heterocycles. The first-order valence-electron chi connectivity index (χ1n) is 8.87. The highest BCUT2D eigenvalue weighted by molar-refractivity contribution is 6.31. The summed E-state index contributed by atoms with van der Waals surface area (Å²) in [5.74, 6) is 0.401. The molecule has 28 heavy (non-hydrogen) atoms. The highest BCUT2D eigenvalue weighted by Crippen LogP contribution is 2.16. The Morgan fingerprint density at radius 3 is 2.54 bits per heavy atom. The van der Waals surface area contributed by atoms with Crippen LogP contribution in [0.2, 0.25) is 5.02 Å². The lowest BCUT2D eigenvalue weighted by Crippen LogP contribution is -2.27. The van der Waals surface area contributed by atoms with Crippen LogP contribution in [0.5, 0.6) is 0 Å². The van der Waals surface area contributed by atoms with Crippen LogP contribution in [-0.2, 0) is 13.0 Å². The number of amides is 1. The number of halogens is 2. The molecule has 0 aliphatic carbocycles. The topological polar surface area (TPSA) is 66.9 Å². The van der Waals surface area contributed by atoms with Gasteiger partial charge in [-0.15, -0.1) is 0 Å². The second-order valence-electron chi connectivity index (χ2n) is 6.23. The Kier molecular flexibility index (Phi) is 6.55. The molecule has 3 rings (SSSR count). The first kappa shape index (κ1) is 19.8. The quantitative estimate of drug-likeness (QED) is 0.627. The van der Waals surface area contributed by atoms with E-state index in [2.05, 4.69) is 20.6 Å². The summed E-state index contributed by atoms with van der Waals surface area (Å²) in [6, 6.07) is 15.6. The van der Waals surface area contributed by atoms with Gasteiger partial charge in [-0.25, -0.2) is 14.4 Å². The number of carbonyl (C=O) groups is 1. The molecule has 0 fully saturated rings. The van der Waals surface area contributed by atoms with E-state index in [0.717, 1.165) is 5.56 Å². The van der Waals surface area contributed by atoms with Gasteiger partial charge in [-0.1, -0.05) is 48.0 Å². The summed E-state index contributed by atoms with van der Waals surface area (Å²) in [6.45, 7) is 2.51. The van der Waals surface area contributed by atoms with E-state index in [1.807, 2.05) is 24.3 Å². The molecule has 1 amide bonds. The number of benzene rings is 2. The van der Waals surface area contributed by atoms with Crippen LogP contribution in [0, 0.1) is 12.7 Å². The number of carbonyl (C=O) groups excluding carboxylic acids is 1. The Hall–Kier alpha value is -2.99. The second-order valence-corrected chi connectivity index (χ2v) is 6.64. The molecule has 0 spiro atoms. The van der Waals surface area contributed by atoms with Crippen molar-refractivity contribution in [3.05, 3.63) is 88.1 Å². The molecule has 3 aromatic rings. The Morgan fingerprint density at radius 1 is 1.07 bits per heavy atom. The lowest BCUT2D eigenvalue weighted by atomic mass is 10.1. The van der Waals surface area contributed by atoms with E-state index in [1.54, 1.807) is 31.2 Å². The average molecular weight is 399 g/mol. The zero-order valence-electron chi connectivity index (χ0n) is 15.4. The van der Waals surface area contributed by atoms with Gasteiger partial charge in [0.05, 0.1) is 0 Å². The van der Waals surface area contributed by atoms with Crippen LogP contribution >= 0.6 is 11.6 Å². The minimum absolute atomic E-state index is 0.252. The predicted molar refractivity (Wildman–Crippen MR) is 108 cm³/mol. The fraction of sp³-hybridized carbons (Fsp3) is 0.190. The van der Waals surface area contributed by atoms with Gasteiger partial charge in [-0.2, -0.15) is 0 Å². The number of hydrogen-bond donors (Lipinski definition) is 2. The molecule has 2 N–H and O–H groups in total. The number of hydrogen-bond acceptors (Lipinski definition) is 4. The fourth-order valence-corrected chi connectivity index (χ4v) is 2.91. The SMILES string of the molecule is Cc1nc(NCc2ccccc2Cl)cc(C(=O)NCCc2ccccc2F)n1. The van der Waals surface area contributed by atoms with Crippen LogP contribution in [-0.4, -0.2) is 22.4 Å². The largest absolute Gasteiger partial charge is 0.366 e. The van der Waals surface area contributed by atoms with Crippen molar-refractivity contribution < 1.29 is 9.18 Å². The summed E-state index contributed by atoms with van der Waals surface area (Å²) >= 11 is 6.16. The van der Waals surface area contributed by atoms with E-state index >= 15 is 0 Å². The molecule has 7 heteroatoms. The van der Waals surface area contributed by atoms with Crippen molar-refractivity contribution in [1.29, 1.82) is 0 Å². The molecule has 0 unspecified atom stereocenters. The van der Waals surface area contributed by atoms with Crippen LogP contribution < -0.4 is 10.6 Å². The third kappa shape index (κ3) is 5.27. The smallest absolute Gasteiger partial charge is 0.270 e. The summed E-state index contributed by atoms with van der Waals surface area (Å²) in [6.07, 6.45) is 0.403. The molecule has 2 aromatic carbocycles. The van der Waals surface area contributed by atoms with Gasteiger partial charge < -0.3 is 10.6 Å². The van der Waals surface area contributed by atoms with Crippen LogP contribution in [0.15, 0.2) is 54.6 Å². The standard InChI is InChI=1S/C21H20ClFN4O/c1-14-26-19(21(28)24-11-10-15-6-3-5-9-18(15)23)12-20(27-14)25-13-16-7-2-4-8-17(16)22/h2-9,12H,10-11,13H2,1H3,(H,24,28)(H,25,26,27). The van der Waals surface area contributed by atoms with Crippen LogP contribution in [0.3, 0.4) is 0 Å². The van der Waals surface area contributed by atoms with Crippen LogP contribution in [0.4, 0.5) is 10.2 Å². The van der Waals surface area contributed by atoms with E-state index in [9.17, 15) is 9.18 Å². The summed E-state index contributed by atoms with van der Waals surface area (Å²) < 4.78 is 13.6. The van der Waals surface area contributed by atoms with Gasteiger partial charge in [0.2, 0.25) is 0 Å². The van der Waals surface area contributed by atoms with Crippen LogP contribution in [0.25, 0.3) is 0 Å². The van der Waals surface area contributed by atoms with Crippen molar-refractivity contribution in [1.82, 2.24) is 15.3 Å². The molecule has 144 valence electrons. The molecular formula is C21H20ClFN4O. The zero-order chi connectivity index (χ0) is 19.9. The average Bonchev–Trinajstić information content (AvgIpc) is 2.68. The van der Waals surface area contributed by atoms with E-state index in [4.69, 9.17) is 11.6 Å². The van der Waals surface area contributed by atoms with Gasteiger partial charge in [-0.05, 0) is 36.6 Å². The number of aromatic nitrogens is 2. The highest BCUT2D eigenvalue weighted by Gasteiger charge is 2.11. The van der Waals surface area contributed by atoms with Crippen molar-refractivity contribution in [3.8, 4) is 0 Å². The molecule has 0 saturated carbocycles. The maximum Gasteiger partial charge on any atom is 0.270 e. The molecular weight excluding hydrogens is 379 g/mol. The van der Waals surface area contributed by atoms with Gasteiger partial charge in [0, 0.05) is 24.2 Å². The van der Waals surface area contributed by atoms with E-state index < -0.39 is 0 Å². The Bertz CT molecular complexity index is 980. The number of aryl methyl sites for hydroxylation is 1. The number of rotatable bonds is 7. The minimum atomic E-state index is -0.331. The van der Waals surface area contributed by atoms with Crippen molar-refractivity contribution in [2.24, 2.45) is 0 Å². The predicted octanol–water partition coefficient (Wildman–Crippen LogP) is 4.16. The van der Waals surface area contributed by atoms with E-state index in [1.165, 1.54) is 6.07 Å². The van der Waals surface area contributed by atoms with Crippen molar-refractivity contribution in [2.75, 3.05) is 11.9 Å². The lowest BCUT2D eigenvalue weighted by Gasteiger charge is -2.10. The molecule has 5 nitrogen and oxygen atoms in total. The monoisotopic (exact) mass is 398 g/mol. The van der Waals surface area contributed by atoms with Gasteiger partial charge in [0.25, 0.3) is 5.91 Å². The maximum absolute atomic E-state index is 13.6. The summed E-state index contributed by atoms with van der Waals surface area (Å²) in [5.41, 5.74) is 1.74. The summed E-state index contributed by atoms with van der Waals surface area (Å²) in [7, 11) is 0. The normalized spacial score (nSPS) is 10.5. The van der Waals surface area contributed by atoms with E-state index in [-0.39, 0.29) is 17.4 Å². The van der Waals surface area contributed by atoms with Gasteiger partial charge in [0.15, 0.2) is 0 Å². The molecule has 1 heterocycles. The van der Waals surface area contributed by atoms with Crippen molar-refractivity contribution >= 4 is 23.3 Å². The number of nitrogens with one attached hydrogen (secondary N) is 2. The molecule has 0 bridgehead atoms. The number of anilines is 1. The maximum atomic E-state index is 13.6. The van der Waals surface area contributed by atoms with Gasteiger partial charge in [0.1, 0.15) is 23.2 Å². The summed E-state index contributed by atoms with van der Waals surface area (Å²) in [5, 5.41) is 6.59. The molecule has 0 aliphatic rings. The summed E-state index contributed by atoms with van der Waals surface area (Å²) in [4.78, 5) is 20.9. The third-order valence-electron chi connectivity index (χ3n) is 4.13. The fourth-order valence-electron chi connectivity index (χ4n) is 2.70. The lowest BCUT2D eigenvalue weighted by molar-refractivity contribution is 0.0948. The Balaban J connectivity index is 1.61. The Labute approximate surface area is 168 Å². The molecule has 0 radical (unpaired) electrons. The molecule has 0 aliphatic heterocycles. The first-order chi connectivity index (χ1) is 13.5. The first-order valence-corrected chi connectivity index (χ1v) is 9.25. The minimum Gasteiger partial charge on any atom is -0.366 e. The molecule has 0 saturated heterocycles. The second kappa shape index (κ2) is 9.28. The Morgan fingerprint density at radius 2 is 1.79 bits per heavy atom. The third-order valence-corrected chi connectivity index (χ3v) is 4.49. The highest BCUT2D eigenvalue weighted by atomic mass is 35.5. The van der Waals surface area contributed by atoms with Gasteiger partial charge >= 0.3 is 0 Å². The molecule has 0 atom stereocenters. The van der Waals surface area contributed by atoms with E-state index in [0.29, 0.717) is 41.7 Å². The van der Waals surface area contributed by atoms with Gasteiger partial charge in [-0.3, -0.25) is 4.79 Å².